The molecule has 122 valence electrons. The van der Waals surface area contributed by atoms with Gasteiger partial charge in [0.25, 0.3) is 0 Å². The first-order valence-corrected chi connectivity index (χ1v) is 8.04. The fraction of sp³-hybridized carbons (Fsp3) is 0.611. The number of carbonyl (C=O) groups excluding carboxylic acids is 1. The van der Waals surface area contributed by atoms with Gasteiger partial charge in [-0.2, -0.15) is 0 Å². The number of amides is 1. The Bertz CT molecular complexity index is 481. The third-order valence-corrected chi connectivity index (χ3v) is 3.80. The number of benzene rings is 1. The highest BCUT2D eigenvalue weighted by Gasteiger charge is 2.36. The van der Waals surface area contributed by atoms with Crippen LogP contribution in [0, 0.1) is 0 Å². The molecule has 1 amide bonds. The summed E-state index contributed by atoms with van der Waals surface area (Å²) in [5.41, 5.74) is 0.699. The van der Waals surface area contributed by atoms with E-state index in [-0.39, 0.29) is 18.2 Å². The van der Waals surface area contributed by atoms with Crippen LogP contribution in [-0.2, 0) is 16.1 Å². The minimum atomic E-state index is -0.460. The molecule has 1 saturated heterocycles. The molecule has 1 aliphatic heterocycles. The van der Waals surface area contributed by atoms with E-state index in [9.17, 15) is 4.79 Å². The number of ether oxygens (including phenoxy) is 2. The summed E-state index contributed by atoms with van der Waals surface area (Å²) in [6.45, 7) is 8.98. The van der Waals surface area contributed by atoms with Crippen molar-refractivity contribution in [2.24, 2.45) is 0 Å². The van der Waals surface area contributed by atoms with E-state index in [4.69, 9.17) is 9.47 Å². The van der Waals surface area contributed by atoms with Gasteiger partial charge in [0.15, 0.2) is 0 Å². The summed E-state index contributed by atoms with van der Waals surface area (Å²) in [4.78, 5) is 14.1. The molecule has 2 atom stereocenters. The second kappa shape index (κ2) is 7.14. The van der Waals surface area contributed by atoms with Crippen LogP contribution in [0.2, 0.25) is 0 Å². The van der Waals surface area contributed by atoms with E-state index in [0.717, 1.165) is 18.4 Å². The molecule has 1 aliphatic rings. The first kappa shape index (κ1) is 16.8. The molecule has 4 nitrogen and oxygen atoms in total. The first-order chi connectivity index (χ1) is 10.4. The van der Waals surface area contributed by atoms with Crippen LogP contribution in [0.15, 0.2) is 30.3 Å². The van der Waals surface area contributed by atoms with Crippen molar-refractivity contribution < 1.29 is 14.3 Å². The molecule has 0 spiro atoms. The van der Waals surface area contributed by atoms with Crippen LogP contribution in [0.25, 0.3) is 0 Å². The van der Waals surface area contributed by atoms with Crippen molar-refractivity contribution in [3.05, 3.63) is 35.9 Å². The quantitative estimate of drug-likeness (QED) is 0.844. The highest BCUT2D eigenvalue weighted by atomic mass is 16.6. The lowest BCUT2D eigenvalue weighted by Crippen LogP contribution is -2.40. The topological polar surface area (TPSA) is 38.8 Å². The Balaban J connectivity index is 1.90. The zero-order valence-electron chi connectivity index (χ0n) is 14.0. The molecular weight excluding hydrogens is 278 g/mol. The highest BCUT2D eigenvalue weighted by Crippen LogP contribution is 2.25. The lowest BCUT2D eigenvalue weighted by molar-refractivity contribution is 0.0148. The Morgan fingerprint density at radius 2 is 1.95 bits per heavy atom. The predicted molar refractivity (Wildman–Crippen MR) is 86.7 cm³/mol. The summed E-state index contributed by atoms with van der Waals surface area (Å²) in [6.07, 6.45) is 1.65. The molecule has 0 bridgehead atoms. The van der Waals surface area contributed by atoms with Gasteiger partial charge in [0.2, 0.25) is 0 Å². The molecule has 2 rings (SSSR count). The van der Waals surface area contributed by atoms with Crippen molar-refractivity contribution >= 4 is 6.09 Å². The maximum Gasteiger partial charge on any atom is 0.410 e. The van der Waals surface area contributed by atoms with Crippen molar-refractivity contribution in [2.75, 3.05) is 6.54 Å². The zero-order chi connectivity index (χ0) is 16.2. The molecular formula is C18H27NO3. The molecule has 0 unspecified atom stereocenters. The van der Waals surface area contributed by atoms with Crippen LogP contribution in [0.5, 0.6) is 0 Å². The van der Waals surface area contributed by atoms with Crippen LogP contribution in [0.4, 0.5) is 4.79 Å². The van der Waals surface area contributed by atoms with Crippen LogP contribution in [-0.4, -0.2) is 35.3 Å². The molecule has 1 heterocycles. The minimum absolute atomic E-state index is 0.0812. The van der Waals surface area contributed by atoms with Gasteiger partial charge >= 0.3 is 6.09 Å². The second-order valence-corrected chi connectivity index (χ2v) is 6.85. The lowest BCUT2D eigenvalue weighted by atomic mass is 10.1. The Morgan fingerprint density at radius 3 is 2.55 bits per heavy atom. The van der Waals surface area contributed by atoms with Gasteiger partial charge in [-0.15, -0.1) is 0 Å². The number of carbonyl (C=O) groups is 1. The Labute approximate surface area is 133 Å². The summed E-state index contributed by atoms with van der Waals surface area (Å²) in [5.74, 6) is 0. The Kier molecular flexibility index (Phi) is 5.46. The van der Waals surface area contributed by atoms with E-state index in [1.54, 1.807) is 0 Å². The van der Waals surface area contributed by atoms with Crippen molar-refractivity contribution in [3.63, 3.8) is 0 Å². The number of hydrogen-bond acceptors (Lipinski definition) is 3. The molecule has 22 heavy (non-hydrogen) atoms. The van der Waals surface area contributed by atoms with Crippen LogP contribution < -0.4 is 0 Å². The third-order valence-electron chi connectivity index (χ3n) is 3.80. The van der Waals surface area contributed by atoms with E-state index in [0.29, 0.717) is 13.2 Å². The minimum Gasteiger partial charge on any atom is -0.444 e. The molecule has 1 aromatic rings. The number of likely N-dealkylation sites (tertiary alicyclic amines) is 1. The summed E-state index contributed by atoms with van der Waals surface area (Å²) in [6, 6.07) is 10.3. The number of nitrogens with zero attached hydrogens (tertiary/aromatic N) is 1. The van der Waals surface area contributed by atoms with Gasteiger partial charge in [-0.25, -0.2) is 4.79 Å². The summed E-state index contributed by atoms with van der Waals surface area (Å²) < 4.78 is 11.5. The molecule has 0 saturated carbocycles. The van der Waals surface area contributed by atoms with E-state index >= 15 is 0 Å². The summed E-state index contributed by atoms with van der Waals surface area (Å²) in [5, 5.41) is 0. The van der Waals surface area contributed by atoms with Gasteiger partial charge in [0.1, 0.15) is 5.60 Å². The highest BCUT2D eigenvalue weighted by molar-refractivity contribution is 5.69. The zero-order valence-corrected chi connectivity index (χ0v) is 14.0. The largest absolute Gasteiger partial charge is 0.444 e. The van der Waals surface area contributed by atoms with Crippen molar-refractivity contribution in [2.45, 2.75) is 64.9 Å². The number of hydrogen-bond donors (Lipinski definition) is 0. The van der Waals surface area contributed by atoms with Gasteiger partial charge in [0, 0.05) is 6.04 Å². The maximum absolute atomic E-state index is 12.3. The average Bonchev–Trinajstić information content (AvgIpc) is 2.88. The molecule has 0 N–H and O–H groups in total. The molecule has 0 radical (unpaired) electrons. The van der Waals surface area contributed by atoms with Crippen molar-refractivity contribution in [1.29, 1.82) is 0 Å². The summed E-state index contributed by atoms with van der Waals surface area (Å²) >= 11 is 0. The SMILES string of the molecule is CC[C@H]1C[C@H](OCc2ccccc2)CN1C(=O)OC(C)(C)C. The van der Waals surface area contributed by atoms with Crippen molar-refractivity contribution in [1.82, 2.24) is 4.90 Å². The predicted octanol–water partition coefficient (Wildman–Crippen LogP) is 3.99. The van der Waals surface area contributed by atoms with Crippen molar-refractivity contribution in [3.8, 4) is 0 Å². The van der Waals surface area contributed by atoms with Gasteiger partial charge in [-0.05, 0) is 39.2 Å². The third kappa shape index (κ3) is 4.73. The fourth-order valence-electron chi connectivity index (χ4n) is 2.71. The first-order valence-electron chi connectivity index (χ1n) is 8.04. The number of rotatable bonds is 4. The molecule has 0 aliphatic carbocycles. The Morgan fingerprint density at radius 1 is 1.27 bits per heavy atom. The van der Waals surface area contributed by atoms with Gasteiger partial charge in [-0.1, -0.05) is 37.3 Å². The Hall–Kier alpha value is -1.55. The van der Waals surface area contributed by atoms with E-state index in [2.05, 4.69) is 19.1 Å². The average molecular weight is 305 g/mol. The molecule has 0 aromatic heterocycles. The monoisotopic (exact) mass is 305 g/mol. The van der Waals surface area contributed by atoms with E-state index < -0.39 is 5.60 Å². The van der Waals surface area contributed by atoms with E-state index in [1.807, 2.05) is 43.9 Å². The van der Waals surface area contributed by atoms with Crippen LogP contribution in [0.1, 0.15) is 46.1 Å². The maximum atomic E-state index is 12.3. The van der Waals surface area contributed by atoms with Gasteiger partial charge in [0.05, 0.1) is 19.3 Å². The molecule has 4 heteroatoms. The molecule has 1 aromatic carbocycles. The summed E-state index contributed by atoms with van der Waals surface area (Å²) in [7, 11) is 0. The standard InChI is InChI=1S/C18H27NO3/c1-5-15-11-16(21-13-14-9-7-6-8-10-14)12-19(15)17(20)22-18(2,3)4/h6-10,15-16H,5,11-13H2,1-4H3/t15-,16-/m0/s1. The van der Waals surface area contributed by atoms with Gasteiger partial charge < -0.3 is 14.4 Å². The normalized spacial score (nSPS) is 21.9. The smallest absolute Gasteiger partial charge is 0.410 e. The van der Waals surface area contributed by atoms with Crippen LogP contribution in [0.3, 0.4) is 0 Å². The fourth-order valence-corrected chi connectivity index (χ4v) is 2.71. The van der Waals surface area contributed by atoms with Gasteiger partial charge in [-0.3, -0.25) is 0 Å². The lowest BCUT2D eigenvalue weighted by Gasteiger charge is -2.27. The molecule has 1 fully saturated rings. The van der Waals surface area contributed by atoms with Crippen LogP contribution >= 0.6 is 0 Å². The van der Waals surface area contributed by atoms with E-state index in [1.165, 1.54) is 0 Å². The second-order valence-electron chi connectivity index (χ2n) is 6.85.